The number of rotatable bonds is 3. The molecule has 98 valence electrons. The van der Waals surface area contributed by atoms with E-state index in [2.05, 4.69) is 18.7 Å². The fourth-order valence-electron chi connectivity index (χ4n) is 2.97. The Labute approximate surface area is 110 Å². The Kier molecular flexibility index (Phi) is 4.43. The van der Waals surface area contributed by atoms with Crippen LogP contribution in [-0.2, 0) is 6.54 Å². The van der Waals surface area contributed by atoms with Crippen LogP contribution < -0.4 is 5.46 Å². The summed E-state index contributed by atoms with van der Waals surface area (Å²) in [6.45, 7) is 7.90. The lowest BCUT2D eigenvalue weighted by Crippen LogP contribution is -2.38. The van der Waals surface area contributed by atoms with Gasteiger partial charge in [-0.25, -0.2) is 0 Å². The molecule has 1 aliphatic rings. The molecule has 0 aliphatic carbocycles. The standard InChI is InChI=1S/C14H22BNO2/c1-11-7-12(2)9-16(8-11)10-13-3-5-14(6-4-13)15(17)18/h3-6,11-12,17-18H,7-10H2,1-2H3. The summed E-state index contributed by atoms with van der Waals surface area (Å²) in [5.74, 6) is 1.54. The van der Waals surface area contributed by atoms with E-state index in [9.17, 15) is 0 Å². The van der Waals surface area contributed by atoms with E-state index in [1.807, 2.05) is 12.1 Å². The third-order valence-corrected chi connectivity index (χ3v) is 3.63. The second-order valence-electron chi connectivity index (χ2n) is 5.76. The number of hydrogen-bond donors (Lipinski definition) is 2. The highest BCUT2D eigenvalue weighted by atomic mass is 16.4. The van der Waals surface area contributed by atoms with Crippen LogP contribution >= 0.6 is 0 Å². The molecular weight excluding hydrogens is 225 g/mol. The van der Waals surface area contributed by atoms with Gasteiger partial charge in [0.05, 0.1) is 0 Å². The van der Waals surface area contributed by atoms with Crippen molar-refractivity contribution in [1.29, 1.82) is 0 Å². The number of piperidine rings is 1. The van der Waals surface area contributed by atoms with Crippen LogP contribution in [0.1, 0.15) is 25.8 Å². The van der Waals surface area contributed by atoms with Gasteiger partial charge in [0.1, 0.15) is 0 Å². The van der Waals surface area contributed by atoms with Gasteiger partial charge in [-0.3, -0.25) is 4.90 Å². The molecule has 1 aliphatic heterocycles. The predicted molar refractivity (Wildman–Crippen MR) is 74.5 cm³/mol. The molecule has 1 aromatic carbocycles. The van der Waals surface area contributed by atoms with Crippen LogP contribution in [0.2, 0.25) is 0 Å². The molecule has 0 saturated carbocycles. The van der Waals surface area contributed by atoms with Gasteiger partial charge in [-0.05, 0) is 29.3 Å². The minimum atomic E-state index is -1.37. The zero-order chi connectivity index (χ0) is 13.1. The third kappa shape index (κ3) is 3.58. The molecule has 1 fully saturated rings. The van der Waals surface area contributed by atoms with Gasteiger partial charge in [0.25, 0.3) is 0 Å². The molecule has 0 radical (unpaired) electrons. The van der Waals surface area contributed by atoms with Crippen molar-refractivity contribution in [3.63, 3.8) is 0 Å². The maximum atomic E-state index is 9.05. The van der Waals surface area contributed by atoms with Crippen LogP contribution in [-0.4, -0.2) is 35.2 Å². The van der Waals surface area contributed by atoms with Crippen molar-refractivity contribution in [3.8, 4) is 0 Å². The molecule has 3 nitrogen and oxygen atoms in total. The lowest BCUT2D eigenvalue weighted by atomic mass is 9.80. The highest BCUT2D eigenvalue weighted by Gasteiger charge is 2.21. The summed E-state index contributed by atoms with van der Waals surface area (Å²) in [4.78, 5) is 2.49. The minimum Gasteiger partial charge on any atom is -0.423 e. The highest BCUT2D eigenvalue weighted by molar-refractivity contribution is 6.58. The summed E-state index contributed by atoms with van der Waals surface area (Å²) < 4.78 is 0. The number of benzene rings is 1. The average molecular weight is 247 g/mol. The van der Waals surface area contributed by atoms with E-state index in [1.54, 1.807) is 12.1 Å². The van der Waals surface area contributed by atoms with Crippen LogP contribution in [0.3, 0.4) is 0 Å². The van der Waals surface area contributed by atoms with E-state index in [0.29, 0.717) is 5.46 Å². The molecule has 2 atom stereocenters. The van der Waals surface area contributed by atoms with E-state index in [4.69, 9.17) is 10.0 Å². The first-order valence-corrected chi connectivity index (χ1v) is 6.72. The highest BCUT2D eigenvalue weighted by Crippen LogP contribution is 2.22. The summed E-state index contributed by atoms with van der Waals surface area (Å²) in [6.07, 6.45) is 1.33. The lowest BCUT2D eigenvalue weighted by molar-refractivity contribution is 0.134. The minimum absolute atomic E-state index is 0.555. The van der Waals surface area contributed by atoms with Gasteiger partial charge in [-0.15, -0.1) is 0 Å². The van der Waals surface area contributed by atoms with E-state index in [-0.39, 0.29) is 0 Å². The van der Waals surface area contributed by atoms with Crippen molar-refractivity contribution in [2.45, 2.75) is 26.8 Å². The molecule has 18 heavy (non-hydrogen) atoms. The Hall–Kier alpha value is -0.835. The zero-order valence-electron chi connectivity index (χ0n) is 11.2. The van der Waals surface area contributed by atoms with Gasteiger partial charge in [0, 0.05) is 19.6 Å². The Balaban J connectivity index is 1.96. The Morgan fingerprint density at radius 1 is 1.11 bits per heavy atom. The van der Waals surface area contributed by atoms with Crippen molar-refractivity contribution < 1.29 is 10.0 Å². The Morgan fingerprint density at radius 2 is 1.67 bits per heavy atom. The average Bonchev–Trinajstić information content (AvgIpc) is 2.28. The van der Waals surface area contributed by atoms with Gasteiger partial charge in [-0.1, -0.05) is 38.1 Å². The summed E-state index contributed by atoms with van der Waals surface area (Å²) >= 11 is 0. The number of nitrogens with zero attached hydrogens (tertiary/aromatic N) is 1. The normalized spacial score (nSPS) is 25.1. The summed E-state index contributed by atoms with van der Waals surface area (Å²) in [7, 11) is -1.37. The molecule has 2 unspecified atom stereocenters. The Morgan fingerprint density at radius 3 is 2.17 bits per heavy atom. The molecule has 2 N–H and O–H groups in total. The van der Waals surface area contributed by atoms with Crippen molar-refractivity contribution in [1.82, 2.24) is 4.90 Å². The summed E-state index contributed by atoms with van der Waals surface area (Å²) in [5.41, 5.74) is 1.79. The van der Waals surface area contributed by atoms with E-state index < -0.39 is 7.12 Å². The maximum Gasteiger partial charge on any atom is 0.488 e. The van der Waals surface area contributed by atoms with Gasteiger partial charge >= 0.3 is 7.12 Å². The topological polar surface area (TPSA) is 43.7 Å². The molecule has 1 saturated heterocycles. The van der Waals surface area contributed by atoms with Gasteiger partial charge in [-0.2, -0.15) is 0 Å². The van der Waals surface area contributed by atoms with E-state index in [1.165, 1.54) is 12.0 Å². The zero-order valence-corrected chi connectivity index (χ0v) is 11.2. The van der Waals surface area contributed by atoms with E-state index in [0.717, 1.165) is 31.5 Å². The third-order valence-electron chi connectivity index (χ3n) is 3.63. The molecule has 2 rings (SSSR count). The maximum absolute atomic E-state index is 9.05. The second kappa shape index (κ2) is 5.87. The first-order valence-electron chi connectivity index (χ1n) is 6.72. The molecule has 1 aromatic rings. The van der Waals surface area contributed by atoms with Crippen LogP contribution in [0.15, 0.2) is 24.3 Å². The fraction of sp³-hybridized carbons (Fsp3) is 0.571. The molecule has 0 aromatic heterocycles. The van der Waals surface area contributed by atoms with Crippen molar-refractivity contribution in [2.24, 2.45) is 11.8 Å². The fourth-order valence-corrected chi connectivity index (χ4v) is 2.97. The molecule has 0 amide bonds. The summed E-state index contributed by atoms with van der Waals surface area (Å²) in [6, 6.07) is 7.55. The SMILES string of the molecule is CC1CC(C)CN(Cc2ccc(B(O)O)cc2)C1. The first-order chi connectivity index (χ1) is 8.54. The summed E-state index contributed by atoms with van der Waals surface area (Å²) in [5, 5.41) is 18.1. The van der Waals surface area contributed by atoms with Crippen LogP contribution in [0, 0.1) is 11.8 Å². The quantitative estimate of drug-likeness (QED) is 0.778. The van der Waals surface area contributed by atoms with Crippen LogP contribution in [0.4, 0.5) is 0 Å². The lowest BCUT2D eigenvalue weighted by Gasteiger charge is -2.35. The van der Waals surface area contributed by atoms with Crippen molar-refractivity contribution in [2.75, 3.05) is 13.1 Å². The van der Waals surface area contributed by atoms with Gasteiger partial charge in [0.15, 0.2) is 0 Å². The second-order valence-corrected chi connectivity index (χ2v) is 5.76. The van der Waals surface area contributed by atoms with Gasteiger partial charge in [0.2, 0.25) is 0 Å². The first kappa shape index (κ1) is 13.6. The van der Waals surface area contributed by atoms with Gasteiger partial charge < -0.3 is 10.0 Å². The predicted octanol–water partition coefficient (Wildman–Crippen LogP) is 0.844. The molecule has 1 heterocycles. The van der Waals surface area contributed by atoms with Crippen LogP contribution in [0.25, 0.3) is 0 Å². The smallest absolute Gasteiger partial charge is 0.423 e. The largest absolute Gasteiger partial charge is 0.488 e. The number of likely N-dealkylation sites (tertiary alicyclic amines) is 1. The van der Waals surface area contributed by atoms with Crippen molar-refractivity contribution in [3.05, 3.63) is 29.8 Å². The Bertz CT molecular complexity index is 370. The van der Waals surface area contributed by atoms with Crippen LogP contribution in [0.5, 0.6) is 0 Å². The molecule has 4 heteroatoms. The van der Waals surface area contributed by atoms with E-state index >= 15 is 0 Å². The number of hydrogen-bond acceptors (Lipinski definition) is 3. The monoisotopic (exact) mass is 247 g/mol. The molecule has 0 spiro atoms. The molecule has 0 bridgehead atoms. The van der Waals surface area contributed by atoms with Crippen molar-refractivity contribution >= 4 is 12.6 Å². The molecular formula is C14H22BNO2.